The molecule has 1 atom stereocenters. The minimum atomic E-state index is 0.671. The SMILES string of the molecule is CCC1CN(Cc2ccc(Br)cc2)CCN1. The molecule has 16 heavy (non-hydrogen) atoms. The molecule has 1 aliphatic heterocycles. The molecular weight excluding hydrogens is 264 g/mol. The van der Waals surface area contributed by atoms with Gasteiger partial charge in [0, 0.05) is 36.7 Å². The summed E-state index contributed by atoms with van der Waals surface area (Å²) in [4.78, 5) is 2.54. The maximum atomic E-state index is 3.54. The summed E-state index contributed by atoms with van der Waals surface area (Å²) < 4.78 is 1.16. The number of piperazine rings is 1. The summed E-state index contributed by atoms with van der Waals surface area (Å²) in [5.74, 6) is 0. The van der Waals surface area contributed by atoms with E-state index in [1.807, 2.05) is 0 Å². The highest BCUT2D eigenvalue weighted by Crippen LogP contribution is 2.13. The molecule has 2 rings (SSSR count). The highest BCUT2D eigenvalue weighted by Gasteiger charge is 2.17. The molecule has 1 aromatic rings. The third-order valence-corrected chi connectivity index (χ3v) is 3.68. The summed E-state index contributed by atoms with van der Waals surface area (Å²) in [6, 6.07) is 9.31. The van der Waals surface area contributed by atoms with Crippen molar-refractivity contribution >= 4 is 15.9 Å². The van der Waals surface area contributed by atoms with Crippen molar-refractivity contribution in [2.24, 2.45) is 0 Å². The second kappa shape index (κ2) is 5.80. The van der Waals surface area contributed by atoms with Crippen molar-refractivity contribution in [2.45, 2.75) is 25.9 Å². The van der Waals surface area contributed by atoms with Crippen LogP contribution >= 0.6 is 15.9 Å². The Balaban J connectivity index is 1.91. The lowest BCUT2D eigenvalue weighted by atomic mass is 10.1. The third kappa shape index (κ3) is 3.30. The second-order valence-electron chi connectivity index (χ2n) is 4.42. The van der Waals surface area contributed by atoms with Gasteiger partial charge in [-0.15, -0.1) is 0 Å². The van der Waals surface area contributed by atoms with Crippen LogP contribution in [0.2, 0.25) is 0 Å². The Hall–Kier alpha value is -0.380. The van der Waals surface area contributed by atoms with Gasteiger partial charge in [-0.3, -0.25) is 4.90 Å². The molecule has 1 aliphatic rings. The highest BCUT2D eigenvalue weighted by molar-refractivity contribution is 9.10. The zero-order valence-electron chi connectivity index (χ0n) is 9.75. The molecule has 1 saturated heterocycles. The summed E-state index contributed by atoms with van der Waals surface area (Å²) in [7, 11) is 0. The van der Waals surface area contributed by atoms with E-state index in [1.165, 1.54) is 18.5 Å². The van der Waals surface area contributed by atoms with Crippen LogP contribution in [-0.4, -0.2) is 30.6 Å². The summed E-state index contributed by atoms with van der Waals surface area (Å²) in [5.41, 5.74) is 1.40. The molecule has 0 aliphatic carbocycles. The lowest BCUT2D eigenvalue weighted by molar-refractivity contribution is 0.190. The number of hydrogen-bond donors (Lipinski definition) is 1. The number of hydrogen-bond acceptors (Lipinski definition) is 2. The van der Waals surface area contributed by atoms with Crippen molar-refractivity contribution in [1.29, 1.82) is 0 Å². The smallest absolute Gasteiger partial charge is 0.0234 e. The van der Waals surface area contributed by atoms with Crippen LogP contribution in [0.3, 0.4) is 0 Å². The van der Waals surface area contributed by atoms with Gasteiger partial charge in [0.2, 0.25) is 0 Å². The van der Waals surface area contributed by atoms with Crippen LogP contribution < -0.4 is 5.32 Å². The van der Waals surface area contributed by atoms with Crippen LogP contribution in [-0.2, 0) is 6.54 Å². The Labute approximate surface area is 106 Å². The van der Waals surface area contributed by atoms with Crippen LogP contribution in [0.15, 0.2) is 28.7 Å². The van der Waals surface area contributed by atoms with E-state index >= 15 is 0 Å². The Kier molecular flexibility index (Phi) is 4.38. The minimum absolute atomic E-state index is 0.671. The highest BCUT2D eigenvalue weighted by atomic mass is 79.9. The Morgan fingerprint density at radius 1 is 1.38 bits per heavy atom. The van der Waals surface area contributed by atoms with Crippen LogP contribution in [0.5, 0.6) is 0 Å². The Morgan fingerprint density at radius 2 is 2.12 bits per heavy atom. The fourth-order valence-electron chi connectivity index (χ4n) is 2.16. The molecule has 1 aromatic carbocycles. The normalized spacial score (nSPS) is 22.2. The van der Waals surface area contributed by atoms with Gasteiger partial charge in [-0.25, -0.2) is 0 Å². The monoisotopic (exact) mass is 282 g/mol. The number of halogens is 1. The summed E-state index contributed by atoms with van der Waals surface area (Å²) >= 11 is 3.47. The Bertz CT molecular complexity index is 323. The van der Waals surface area contributed by atoms with Crippen molar-refractivity contribution in [1.82, 2.24) is 10.2 Å². The van der Waals surface area contributed by atoms with Crippen molar-refractivity contribution in [3.63, 3.8) is 0 Å². The molecule has 0 amide bonds. The molecule has 2 nitrogen and oxygen atoms in total. The zero-order chi connectivity index (χ0) is 11.4. The van der Waals surface area contributed by atoms with E-state index in [4.69, 9.17) is 0 Å². The van der Waals surface area contributed by atoms with Crippen LogP contribution in [0.25, 0.3) is 0 Å². The minimum Gasteiger partial charge on any atom is -0.311 e. The molecule has 0 bridgehead atoms. The fourth-order valence-corrected chi connectivity index (χ4v) is 2.42. The second-order valence-corrected chi connectivity index (χ2v) is 5.34. The molecule has 3 heteroatoms. The molecule has 0 saturated carbocycles. The lowest BCUT2D eigenvalue weighted by Crippen LogP contribution is -2.49. The van der Waals surface area contributed by atoms with E-state index in [1.54, 1.807) is 0 Å². The number of rotatable bonds is 3. The quantitative estimate of drug-likeness (QED) is 0.917. The average Bonchev–Trinajstić information content (AvgIpc) is 2.32. The molecule has 0 radical (unpaired) electrons. The van der Waals surface area contributed by atoms with Gasteiger partial charge in [-0.05, 0) is 24.1 Å². The van der Waals surface area contributed by atoms with Gasteiger partial charge in [0.1, 0.15) is 0 Å². The summed E-state index contributed by atoms with van der Waals surface area (Å²) in [6.45, 7) is 6.78. The van der Waals surface area contributed by atoms with Crippen molar-refractivity contribution in [2.75, 3.05) is 19.6 Å². The topological polar surface area (TPSA) is 15.3 Å². The first-order valence-corrected chi connectivity index (χ1v) is 6.77. The van der Waals surface area contributed by atoms with E-state index in [0.717, 1.165) is 24.1 Å². The molecule has 1 N–H and O–H groups in total. The lowest BCUT2D eigenvalue weighted by Gasteiger charge is -2.33. The van der Waals surface area contributed by atoms with Crippen molar-refractivity contribution < 1.29 is 0 Å². The summed E-state index contributed by atoms with van der Waals surface area (Å²) in [5, 5.41) is 3.54. The van der Waals surface area contributed by atoms with Crippen molar-refractivity contribution in [3.05, 3.63) is 34.3 Å². The molecular formula is C13H19BrN2. The number of nitrogens with zero attached hydrogens (tertiary/aromatic N) is 1. The molecule has 0 spiro atoms. The first kappa shape index (κ1) is 12.1. The van der Waals surface area contributed by atoms with E-state index in [2.05, 4.69) is 57.3 Å². The molecule has 88 valence electrons. The molecule has 0 aromatic heterocycles. The van der Waals surface area contributed by atoms with Crippen LogP contribution in [0.4, 0.5) is 0 Å². The predicted molar refractivity (Wildman–Crippen MR) is 71.5 cm³/mol. The standard InChI is InChI=1S/C13H19BrN2/c1-2-13-10-16(8-7-15-13)9-11-3-5-12(14)6-4-11/h3-6,13,15H,2,7-10H2,1H3. The first-order valence-electron chi connectivity index (χ1n) is 5.98. The van der Waals surface area contributed by atoms with Crippen LogP contribution in [0.1, 0.15) is 18.9 Å². The van der Waals surface area contributed by atoms with Gasteiger partial charge in [0.15, 0.2) is 0 Å². The predicted octanol–water partition coefficient (Wildman–Crippen LogP) is 2.63. The molecule has 1 unspecified atom stereocenters. The van der Waals surface area contributed by atoms with Crippen LogP contribution in [0, 0.1) is 0 Å². The van der Waals surface area contributed by atoms with E-state index in [9.17, 15) is 0 Å². The average molecular weight is 283 g/mol. The van der Waals surface area contributed by atoms with Gasteiger partial charge in [-0.2, -0.15) is 0 Å². The van der Waals surface area contributed by atoms with E-state index in [0.29, 0.717) is 6.04 Å². The maximum Gasteiger partial charge on any atom is 0.0234 e. The summed E-state index contributed by atoms with van der Waals surface area (Å²) in [6.07, 6.45) is 1.22. The largest absolute Gasteiger partial charge is 0.311 e. The maximum absolute atomic E-state index is 3.54. The third-order valence-electron chi connectivity index (χ3n) is 3.15. The van der Waals surface area contributed by atoms with E-state index in [-0.39, 0.29) is 0 Å². The van der Waals surface area contributed by atoms with Gasteiger partial charge in [0.25, 0.3) is 0 Å². The van der Waals surface area contributed by atoms with Gasteiger partial charge >= 0.3 is 0 Å². The van der Waals surface area contributed by atoms with Gasteiger partial charge in [0.05, 0.1) is 0 Å². The fraction of sp³-hybridized carbons (Fsp3) is 0.538. The molecule has 1 heterocycles. The number of benzene rings is 1. The Morgan fingerprint density at radius 3 is 2.81 bits per heavy atom. The first-order chi connectivity index (χ1) is 7.78. The van der Waals surface area contributed by atoms with Gasteiger partial charge < -0.3 is 5.32 Å². The van der Waals surface area contributed by atoms with E-state index < -0.39 is 0 Å². The zero-order valence-corrected chi connectivity index (χ0v) is 11.3. The number of nitrogens with one attached hydrogen (secondary N) is 1. The molecule has 1 fully saturated rings. The van der Waals surface area contributed by atoms with Gasteiger partial charge in [-0.1, -0.05) is 35.0 Å². The van der Waals surface area contributed by atoms with Crippen molar-refractivity contribution in [3.8, 4) is 0 Å².